The molecule has 0 N–H and O–H groups in total. The van der Waals surface area contributed by atoms with Gasteiger partial charge in [-0.25, -0.2) is 4.68 Å². The lowest BCUT2D eigenvalue weighted by Crippen LogP contribution is -2.42. The third-order valence-electron chi connectivity index (χ3n) is 5.31. The summed E-state index contributed by atoms with van der Waals surface area (Å²) in [5.74, 6) is 1.43. The van der Waals surface area contributed by atoms with Crippen molar-refractivity contribution in [2.75, 3.05) is 12.0 Å². The van der Waals surface area contributed by atoms with Crippen LogP contribution in [0.5, 0.6) is 5.75 Å². The van der Waals surface area contributed by atoms with E-state index in [4.69, 9.17) is 16.3 Å². The molecule has 0 aliphatic carbocycles. The molecule has 4 rings (SSSR count). The van der Waals surface area contributed by atoms with Crippen LogP contribution in [0.4, 0.5) is 5.95 Å². The molecule has 0 spiro atoms. The Morgan fingerprint density at radius 2 is 1.76 bits per heavy atom. The fraction of sp³-hybridized carbons (Fsp3) is 0.318. The molecule has 2 heterocycles. The van der Waals surface area contributed by atoms with Crippen molar-refractivity contribution in [3.63, 3.8) is 0 Å². The van der Waals surface area contributed by atoms with E-state index in [9.17, 15) is 4.79 Å². The molecule has 0 radical (unpaired) electrons. The van der Waals surface area contributed by atoms with E-state index in [0.717, 1.165) is 23.3 Å². The van der Waals surface area contributed by atoms with Gasteiger partial charge in [0.2, 0.25) is 11.9 Å². The Bertz CT molecular complexity index is 985. The largest absolute Gasteiger partial charge is 0.497 e. The third kappa shape index (κ3) is 3.72. The maximum Gasteiger partial charge on any atom is 0.231 e. The second kappa shape index (κ2) is 8.25. The first kappa shape index (κ1) is 19.5. The number of hydrogen-bond donors (Lipinski definition) is 0. The monoisotopic (exact) mass is 410 g/mol. The van der Waals surface area contributed by atoms with Crippen LogP contribution in [-0.2, 0) is 4.79 Å². The molecular formula is C22H23ClN4O2. The van der Waals surface area contributed by atoms with Gasteiger partial charge in [-0.3, -0.25) is 9.69 Å². The molecule has 3 aromatic rings. The van der Waals surface area contributed by atoms with Crippen LogP contribution in [0, 0.1) is 0 Å². The highest BCUT2D eigenvalue weighted by Gasteiger charge is 2.38. The lowest BCUT2D eigenvalue weighted by Gasteiger charge is -2.39. The maximum atomic E-state index is 13.0. The van der Waals surface area contributed by atoms with Gasteiger partial charge in [-0.15, -0.1) is 0 Å². The first-order chi connectivity index (χ1) is 14.1. The fourth-order valence-electron chi connectivity index (χ4n) is 3.89. The van der Waals surface area contributed by atoms with Crippen LogP contribution in [0.3, 0.4) is 0 Å². The van der Waals surface area contributed by atoms with Crippen molar-refractivity contribution >= 4 is 23.5 Å². The van der Waals surface area contributed by atoms with Gasteiger partial charge in [-0.1, -0.05) is 42.8 Å². The van der Waals surface area contributed by atoms with E-state index < -0.39 is 0 Å². The molecule has 2 unspecified atom stereocenters. The first-order valence-corrected chi connectivity index (χ1v) is 10.1. The number of carbonyl (C=O) groups is 1. The second-order valence-electron chi connectivity index (χ2n) is 7.11. The molecule has 2 aromatic carbocycles. The average Bonchev–Trinajstić information content (AvgIpc) is 3.23. The molecule has 2 atom stereocenters. The Balaban J connectivity index is 1.79. The van der Waals surface area contributed by atoms with Gasteiger partial charge in [0.1, 0.15) is 12.1 Å². The van der Waals surface area contributed by atoms with Crippen molar-refractivity contribution in [1.29, 1.82) is 0 Å². The Morgan fingerprint density at radius 3 is 2.41 bits per heavy atom. The lowest BCUT2D eigenvalue weighted by atomic mass is 9.91. The van der Waals surface area contributed by atoms with Gasteiger partial charge < -0.3 is 4.74 Å². The number of methoxy groups -OCH3 is 1. The maximum absolute atomic E-state index is 13.0. The summed E-state index contributed by atoms with van der Waals surface area (Å²) in [5, 5.41) is 5.12. The lowest BCUT2D eigenvalue weighted by molar-refractivity contribution is -0.119. The van der Waals surface area contributed by atoms with Gasteiger partial charge in [-0.05, 0) is 48.2 Å². The zero-order valence-electron chi connectivity index (χ0n) is 16.5. The summed E-state index contributed by atoms with van der Waals surface area (Å²) in [6.07, 6.45) is 3.45. The zero-order valence-corrected chi connectivity index (χ0v) is 17.2. The Hall–Kier alpha value is -2.86. The molecule has 0 saturated carbocycles. The minimum Gasteiger partial charge on any atom is -0.497 e. The third-order valence-corrected chi connectivity index (χ3v) is 5.56. The van der Waals surface area contributed by atoms with Gasteiger partial charge in [0.05, 0.1) is 19.2 Å². The van der Waals surface area contributed by atoms with Crippen LogP contribution in [0.1, 0.15) is 49.4 Å². The number of ether oxygens (including phenoxy) is 1. The molecular weight excluding hydrogens is 388 g/mol. The quantitative estimate of drug-likeness (QED) is 0.605. The summed E-state index contributed by atoms with van der Waals surface area (Å²) < 4.78 is 7.14. The molecule has 1 aromatic heterocycles. The number of benzene rings is 2. The summed E-state index contributed by atoms with van der Waals surface area (Å²) in [6.45, 7) is 2.00. The van der Waals surface area contributed by atoms with Gasteiger partial charge >= 0.3 is 0 Å². The predicted molar refractivity (Wildman–Crippen MR) is 112 cm³/mol. The number of rotatable bonds is 5. The molecule has 0 fully saturated rings. The number of halogens is 1. The number of amides is 1. The normalized spacial score (nSPS) is 18.4. The number of fused-ring (bicyclic) bond motifs is 1. The van der Waals surface area contributed by atoms with E-state index >= 15 is 0 Å². The van der Waals surface area contributed by atoms with Crippen molar-refractivity contribution in [2.24, 2.45) is 0 Å². The first-order valence-electron chi connectivity index (χ1n) is 9.73. The molecule has 7 heteroatoms. The average molecular weight is 411 g/mol. The number of anilines is 1. The topological polar surface area (TPSA) is 60.2 Å². The van der Waals surface area contributed by atoms with Crippen LogP contribution in [-0.4, -0.2) is 27.8 Å². The number of carbonyl (C=O) groups excluding carboxylic acids is 1. The molecule has 29 heavy (non-hydrogen) atoms. The van der Waals surface area contributed by atoms with E-state index in [1.165, 1.54) is 6.33 Å². The molecule has 1 aliphatic rings. The van der Waals surface area contributed by atoms with E-state index in [1.807, 2.05) is 60.1 Å². The molecule has 0 saturated heterocycles. The minimum absolute atomic E-state index is 0.0373. The summed E-state index contributed by atoms with van der Waals surface area (Å²) in [5.41, 5.74) is 2.13. The van der Waals surface area contributed by atoms with Crippen molar-refractivity contribution in [3.05, 3.63) is 71.0 Å². The molecule has 150 valence electrons. The summed E-state index contributed by atoms with van der Waals surface area (Å²) in [6, 6.07) is 15.5. The van der Waals surface area contributed by atoms with Crippen molar-refractivity contribution in [1.82, 2.24) is 14.8 Å². The van der Waals surface area contributed by atoms with Crippen LogP contribution in [0.2, 0.25) is 5.02 Å². The fourth-order valence-corrected chi connectivity index (χ4v) is 4.01. The highest BCUT2D eigenvalue weighted by molar-refractivity contribution is 6.30. The number of nitrogens with zero attached hydrogens (tertiary/aromatic N) is 4. The molecule has 0 bridgehead atoms. The highest BCUT2D eigenvalue weighted by atomic mass is 35.5. The second-order valence-corrected chi connectivity index (χ2v) is 7.55. The number of aromatic nitrogens is 3. The Morgan fingerprint density at radius 1 is 1.10 bits per heavy atom. The predicted octanol–water partition coefficient (Wildman–Crippen LogP) is 4.81. The van der Waals surface area contributed by atoms with Crippen LogP contribution in [0.15, 0.2) is 54.9 Å². The highest BCUT2D eigenvalue weighted by Crippen LogP contribution is 2.42. The van der Waals surface area contributed by atoms with Crippen LogP contribution >= 0.6 is 11.6 Å². The summed E-state index contributed by atoms with van der Waals surface area (Å²) in [4.78, 5) is 19.3. The van der Waals surface area contributed by atoms with Crippen molar-refractivity contribution in [3.8, 4) is 5.75 Å². The minimum atomic E-state index is -0.143. The molecule has 6 nitrogen and oxygen atoms in total. The zero-order chi connectivity index (χ0) is 20.4. The summed E-state index contributed by atoms with van der Waals surface area (Å²) in [7, 11) is 1.65. The Kier molecular flexibility index (Phi) is 5.53. The van der Waals surface area contributed by atoms with Crippen molar-refractivity contribution < 1.29 is 9.53 Å². The Labute approximate surface area is 175 Å². The van der Waals surface area contributed by atoms with Crippen LogP contribution < -0.4 is 9.64 Å². The van der Waals surface area contributed by atoms with Gasteiger partial charge in [-0.2, -0.15) is 10.1 Å². The van der Waals surface area contributed by atoms with Crippen molar-refractivity contribution in [2.45, 2.75) is 38.3 Å². The SMILES string of the molecule is CCCC(=O)N1c2ncnn2C(c2ccc(OC)cc2)CC1c1ccc(Cl)cc1. The smallest absolute Gasteiger partial charge is 0.231 e. The van der Waals surface area contributed by atoms with E-state index in [1.54, 1.807) is 12.0 Å². The van der Waals surface area contributed by atoms with Gasteiger partial charge in [0.15, 0.2) is 0 Å². The van der Waals surface area contributed by atoms with Gasteiger partial charge in [0.25, 0.3) is 0 Å². The molecule has 1 aliphatic heterocycles. The van der Waals surface area contributed by atoms with E-state index in [2.05, 4.69) is 10.1 Å². The van der Waals surface area contributed by atoms with Gasteiger partial charge in [0, 0.05) is 11.4 Å². The summed E-state index contributed by atoms with van der Waals surface area (Å²) >= 11 is 6.10. The molecule has 1 amide bonds. The number of hydrogen-bond acceptors (Lipinski definition) is 4. The standard InChI is InChI=1S/C22H23ClN4O2/c1-3-4-21(28)26-19(15-5-9-17(23)10-6-15)13-20(27-22(26)24-14-25-27)16-7-11-18(29-2)12-8-16/h5-12,14,19-20H,3-4,13H2,1-2H3. The van der Waals surface area contributed by atoms with E-state index in [0.29, 0.717) is 23.8 Å². The van der Waals surface area contributed by atoms with Crippen LogP contribution in [0.25, 0.3) is 0 Å². The van der Waals surface area contributed by atoms with E-state index in [-0.39, 0.29) is 18.0 Å².